The van der Waals surface area contributed by atoms with Crippen LogP contribution in [0.3, 0.4) is 0 Å². The maximum atomic E-state index is 5.73. The Bertz CT molecular complexity index is 342. The van der Waals surface area contributed by atoms with Gasteiger partial charge in [0.1, 0.15) is 5.82 Å². The van der Waals surface area contributed by atoms with Gasteiger partial charge in [-0.2, -0.15) is 0 Å². The number of nitrogen functional groups attached to an aromatic ring is 1. The summed E-state index contributed by atoms with van der Waals surface area (Å²) in [6.45, 7) is 2.93. The molecule has 1 fully saturated rings. The van der Waals surface area contributed by atoms with Gasteiger partial charge in [-0.15, -0.1) is 0 Å². The first-order valence-corrected chi connectivity index (χ1v) is 5.24. The van der Waals surface area contributed by atoms with E-state index in [9.17, 15) is 0 Å². The standard InChI is InChI=1S/C11H17N3O/c1-8-10(4-6-15-8)14(2)11-7-9(12)3-5-13-11/h3,5,7-8,10H,4,6H2,1-2H3,(H2,12,13). The van der Waals surface area contributed by atoms with Crippen molar-refractivity contribution in [1.82, 2.24) is 4.98 Å². The smallest absolute Gasteiger partial charge is 0.130 e. The summed E-state index contributed by atoms with van der Waals surface area (Å²) in [5.41, 5.74) is 6.48. The summed E-state index contributed by atoms with van der Waals surface area (Å²) < 4.78 is 5.54. The minimum absolute atomic E-state index is 0.262. The number of aromatic nitrogens is 1. The van der Waals surface area contributed by atoms with E-state index in [4.69, 9.17) is 10.5 Å². The molecular formula is C11H17N3O. The first-order valence-electron chi connectivity index (χ1n) is 5.24. The monoisotopic (exact) mass is 207 g/mol. The Morgan fingerprint density at radius 3 is 3.00 bits per heavy atom. The number of hydrogen-bond acceptors (Lipinski definition) is 4. The minimum atomic E-state index is 0.262. The van der Waals surface area contributed by atoms with Gasteiger partial charge >= 0.3 is 0 Å². The molecule has 0 radical (unpaired) electrons. The molecule has 15 heavy (non-hydrogen) atoms. The lowest BCUT2D eigenvalue weighted by atomic mass is 10.1. The Morgan fingerprint density at radius 1 is 1.60 bits per heavy atom. The van der Waals surface area contributed by atoms with E-state index in [0.29, 0.717) is 6.04 Å². The molecule has 1 aromatic heterocycles. The summed E-state index contributed by atoms with van der Waals surface area (Å²) in [5.74, 6) is 0.914. The number of pyridine rings is 1. The molecule has 0 amide bonds. The lowest BCUT2D eigenvalue weighted by molar-refractivity contribution is 0.118. The third-order valence-corrected chi connectivity index (χ3v) is 2.96. The van der Waals surface area contributed by atoms with E-state index in [1.807, 2.05) is 13.1 Å². The van der Waals surface area contributed by atoms with E-state index in [2.05, 4.69) is 16.8 Å². The van der Waals surface area contributed by atoms with Gasteiger partial charge in [0.25, 0.3) is 0 Å². The average Bonchev–Trinajstić information content (AvgIpc) is 2.63. The summed E-state index contributed by atoms with van der Waals surface area (Å²) in [6, 6.07) is 4.09. The molecule has 4 heteroatoms. The van der Waals surface area contributed by atoms with Crippen LogP contribution in [0.5, 0.6) is 0 Å². The highest BCUT2D eigenvalue weighted by atomic mass is 16.5. The third-order valence-electron chi connectivity index (χ3n) is 2.96. The molecule has 2 atom stereocenters. The summed E-state index contributed by atoms with van der Waals surface area (Å²) in [4.78, 5) is 6.46. The first kappa shape index (κ1) is 10.2. The Labute approximate surface area is 90.0 Å². The largest absolute Gasteiger partial charge is 0.399 e. The fourth-order valence-corrected chi connectivity index (χ4v) is 2.03. The summed E-state index contributed by atoms with van der Waals surface area (Å²) in [5, 5.41) is 0. The second kappa shape index (κ2) is 4.06. The lowest BCUT2D eigenvalue weighted by Gasteiger charge is -2.27. The van der Waals surface area contributed by atoms with Crippen molar-refractivity contribution >= 4 is 11.5 Å². The highest BCUT2D eigenvalue weighted by Crippen LogP contribution is 2.23. The van der Waals surface area contributed by atoms with Crippen LogP contribution in [-0.2, 0) is 4.74 Å². The molecule has 0 aliphatic carbocycles. The van der Waals surface area contributed by atoms with Crippen LogP contribution in [0.1, 0.15) is 13.3 Å². The van der Waals surface area contributed by atoms with Gasteiger partial charge in [-0.05, 0) is 19.4 Å². The van der Waals surface area contributed by atoms with Crippen molar-refractivity contribution < 1.29 is 4.74 Å². The molecule has 0 saturated carbocycles. The zero-order valence-corrected chi connectivity index (χ0v) is 9.18. The predicted molar refractivity (Wildman–Crippen MR) is 60.9 cm³/mol. The van der Waals surface area contributed by atoms with E-state index < -0.39 is 0 Å². The molecule has 1 aliphatic rings. The highest BCUT2D eigenvalue weighted by Gasteiger charge is 2.28. The fourth-order valence-electron chi connectivity index (χ4n) is 2.03. The van der Waals surface area contributed by atoms with Gasteiger partial charge in [0, 0.05) is 31.6 Å². The van der Waals surface area contributed by atoms with Crippen LogP contribution in [-0.4, -0.2) is 30.8 Å². The third kappa shape index (κ3) is 2.04. The maximum absolute atomic E-state index is 5.73. The summed E-state index contributed by atoms with van der Waals surface area (Å²) in [7, 11) is 2.04. The number of rotatable bonds is 2. The quantitative estimate of drug-likeness (QED) is 0.793. The second-order valence-electron chi connectivity index (χ2n) is 3.99. The van der Waals surface area contributed by atoms with Gasteiger partial charge in [-0.25, -0.2) is 4.98 Å². The molecule has 2 N–H and O–H groups in total. The van der Waals surface area contributed by atoms with Gasteiger partial charge in [0.05, 0.1) is 12.1 Å². The number of hydrogen-bond donors (Lipinski definition) is 1. The van der Waals surface area contributed by atoms with Gasteiger partial charge < -0.3 is 15.4 Å². The summed E-state index contributed by atoms with van der Waals surface area (Å²) >= 11 is 0. The van der Waals surface area contributed by atoms with Crippen LogP contribution >= 0.6 is 0 Å². The van der Waals surface area contributed by atoms with E-state index >= 15 is 0 Å². The molecule has 1 aliphatic heterocycles. The van der Waals surface area contributed by atoms with Gasteiger partial charge in [0.15, 0.2) is 0 Å². The molecule has 0 bridgehead atoms. The SMILES string of the molecule is CC1OCCC1N(C)c1cc(N)ccn1. The zero-order valence-electron chi connectivity index (χ0n) is 9.18. The average molecular weight is 207 g/mol. The van der Waals surface area contributed by atoms with Crippen LogP contribution in [0.4, 0.5) is 11.5 Å². The number of anilines is 2. The normalized spacial score (nSPS) is 25.5. The maximum Gasteiger partial charge on any atom is 0.130 e. The Balaban J connectivity index is 2.16. The van der Waals surface area contributed by atoms with Crippen LogP contribution in [0.25, 0.3) is 0 Å². The molecular weight excluding hydrogens is 190 g/mol. The second-order valence-corrected chi connectivity index (χ2v) is 3.99. The summed E-state index contributed by atoms with van der Waals surface area (Å²) in [6.07, 6.45) is 3.05. The van der Waals surface area contributed by atoms with E-state index in [1.165, 1.54) is 0 Å². The van der Waals surface area contributed by atoms with Crippen molar-refractivity contribution in [2.45, 2.75) is 25.5 Å². The molecule has 2 unspecified atom stereocenters. The van der Waals surface area contributed by atoms with E-state index in [-0.39, 0.29) is 6.10 Å². The van der Waals surface area contributed by atoms with E-state index in [0.717, 1.165) is 24.5 Å². The Hall–Kier alpha value is -1.29. The highest BCUT2D eigenvalue weighted by molar-refractivity contribution is 5.50. The molecule has 2 heterocycles. The van der Waals surface area contributed by atoms with Crippen LogP contribution < -0.4 is 10.6 Å². The molecule has 4 nitrogen and oxygen atoms in total. The molecule has 2 rings (SSSR count). The van der Waals surface area contributed by atoms with Crippen molar-refractivity contribution in [2.24, 2.45) is 0 Å². The number of ether oxygens (including phenoxy) is 1. The van der Waals surface area contributed by atoms with Crippen molar-refractivity contribution in [2.75, 3.05) is 24.3 Å². The van der Waals surface area contributed by atoms with Crippen LogP contribution in [0.2, 0.25) is 0 Å². The zero-order chi connectivity index (χ0) is 10.8. The van der Waals surface area contributed by atoms with Crippen LogP contribution in [0, 0.1) is 0 Å². The number of nitrogens with two attached hydrogens (primary N) is 1. The van der Waals surface area contributed by atoms with Crippen molar-refractivity contribution in [3.05, 3.63) is 18.3 Å². The minimum Gasteiger partial charge on any atom is -0.399 e. The molecule has 1 saturated heterocycles. The lowest BCUT2D eigenvalue weighted by Crippen LogP contribution is -2.37. The van der Waals surface area contributed by atoms with Gasteiger partial charge in [-0.1, -0.05) is 0 Å². The van der Waals surface area contributed by atoms with Crippen molar-refractivity contribution in [3.63, 3.8) is 0 Å². The molecule has 1 aromatic rings. The molecule has 82 valence electrons. The van der Waals surface area contributed by atoms with E-state index in [1.54, 1.807) is 12.3 Å². The van der Waals surface area contributed by atoms with Crippen molar-refractivity contribution in [1.29, 1.82) is 0 Å². The van der Waals surface area contributed by atoms with Gasteiger partial charge in [0.2, 0.25) is 0 Å². The first-order chi connectivity index (χ1) is 7.18. The Kier molecular flexibility index (Phi) is 2.77. The number of likely N-dealkylation sites (N-methyl/N-ethyl adjacent to an activating group) is 1. The van der Waals surface area contributed by atoms with Gasteiger partial charge in [-0.3, -0.25) is 0 Å². The molecule has 0 aromatic carbocycles. The molecule has 0 spiro atoms. The Morgan fingerprint density at radius 2 is 2.40 bits per heavy atom. The van der Waals surface area contributed by atoms with Crippen molar-refractivity contribution in [3.8, 4) is 0 Å². The predicted octanol–water partition coefficient (Wildman–Crippen LogP) is 1.28. The fraction of sp³-hybridized carbons (Fsp3) is 0.545. The number of nitrogens with zero attached hydrogens (tertiary/aromatic N) is 2. The topological polar surface area (TPSA) is 51.4 Å². The van der Waals surface area contributed by atoms with Crippen LogP contribution in [0.15, 0.2) is 18.3 Å².